The highest BCUT2D eigenvalue weighted by Crippen LogP contribution is 2.68. The number of aliphatic hydroxyl groups is 3. The molecule has 1 aliphatic heterocycles. The van der Waals surface area contributed by atoms with E-state index in [4.69, 9.17) is 5.11 Å². The van der Waals surface area contributed by atoms with Gasteiger partial charge in [0.1, 0.15) is 0 Å². The summed E-state index contributed by atoms with van der Waals surface area (Å²) in [4.78, 5) is 11.1. The Morgan fingerprint density at radius 2 is 1.60 bits per heavy atom. The maximum atomic E-state index is 11.5. The molecule has 1 heterocycles. The van der Waals surface area contributed by atoms with Crippen LogP contribution in [0, 0.1) is 46.3 Å². The third-order valence-electron chi connectivity index (χ3n) is 11.3. The number of fused-ring (bicyclic) bond motifs is 5. The molecule has 5 aliphatic rings. The lowest BCUT2D eigenvalue weighted by Gasteiger charge is -2.63. The van der Waals surface area contributed by atoms with E-state index in [1.807, 2.05) is 0 Å². The van der Waals surface area contributed by atoms with Crippen molar-refractivity contribution in [3.8, 4) is 0 Å². The second kappa shape index (κ2) is 10.9. The fourth-order valence-corrected chi connectivity index (χ4v) is 9.29. The van der Waals surface area contributed by atoms with Gasteiger partial charge in [-0.15, -0.1) is 0 Å². The lowest BCUT2D eigenvalue weighted by Crippen LogP contribution is -2.62. The zero-order chi connectivity index (χ0) is 25.4. The average Bonchev–Trinajstić information content (AvgIpc) is 3.19. The van der Waals surface area contributed by atoms with Gasteiger partial charge in [0.15, 0.2) is 0 Å². The molecule has 0 unspecified atom stereocenters. The van der Waals surface area contributed by atoms with Gasteiger partial charge in [-0.3, -0.25) is 4.79 Å². The standard InChI is InChI=1S/C24H40O5.C4H10N2/c1-13(4-7-21(28)29)16-5-6-17-22-18(12-20(27)24(16,17)3)23(2)9-8-15(25)10-14(23)11-19(22)26;1-2-6-4-3-5-1/h13-20,22,25-27H,4-12H2,1-3H3,(H,28,29);5-6H,1-4H2/t13-,14+,15-,16-,17+,18+,19-,20+,22+,23+,24-;/m1./s1. The van der Waals surface area contributed by atoms with Crippen molar-refractivity contribution in [2.75, 3.05) is 26.2 Å². The van der Waals surface area contributed by atoms with Crippen LogP contribution in [0.3, 0.4) is 0 Å². The van der Waals surface area contributed by atoms with Gasteiger partial charge in [0.2, 0.25) is 0 Å². The molecular weight excluding hydrogens is 444 g/mol. The summed E-state index contributed by atoms with van der Waals surface area (Å²) < 4.78 is 0. The predicted molar refractivity (Wildman–Crippen MR) is 136 cm³/mol. The Hall–Kier alpha value is -0.730. The number of carbonyl (C=O) groups is 1. The Kier molecular flexibility index (Phi) is 8.54. The molecule has 0 spiro atoms. The van der Waals surface area contributed by atoms with E-state index in [-0.39, 0.29) is 41.3 Å². The third-order valence-corrected chi connectivity index (χ3v) is 11.3. The van der Waals surface area contributed by atoms with E-state index in [9.17, 15) is 20.1 Å². The number of piperazine rings is 1. The number of carboxylic acid groups (broad SMARTS) is 1. The van der Waals surface area contributed by atoms with Crippen LogP contribution in [0.15, 0.2) is 0 Å². The van der Waals surface area contributed by atoms with Crippen molar-refractivity contribution in [1.29, 1.82) is 0 Å². The fraction of sp³-hybridized carbons (Fsp3) is 0.964. The Morgan fingerprint density at radius 1 is 0.943 bits per heavy atom. The van der Waals surface area contributed by atoms with Gasteiger partial charge < -0.3 is 31.1 Å². The quantitative estimate of drug-likeness (QED) is 0.355. The van der Waals surface area contributed by atoms with Crippen molar-refractivity contribution < 1.29 is 25.2 Å². The molecule has 1 saturated heterocycles. The summed E-state index contributed by atoms with van der Waals surface area (Å²) in [6.45, 7) is 11.3. The van der Waals surface area contributed by atoms with Crippen molar-refractivity contribution in [3.05, 3.63) is 0 Å². The highest BCUT2D eigenvalue weighted by Gasteiger charge is 2.65. The molecule has 5 rings (SSSR count). The molecule has 4 aliphatic carbocycles. The first-order chi connectivity index (χ1) is 16.6. The SMILES string of the molecule is C1CNCCN1.C[C@H](CCC(=O)O)[C@H]1CC[C@H]2[C@@H]3[C@H](O)C[C@@H]4C[C@H](O)CC[C@]4(C)[C@H]3C[C@H](O)[C@]12C. The summed E-state index contributed by atoms with van der Waals surface area (Å²) in [5.41, 5.74) is -0.143. The van der Waals surface area contributed by atoms with Crippen molar-refractivity contribution in [2.24, 2.45) is 46.3 Å². The number of carboxylic acids is 1. The van der Waals surface area contributed by atoms with E-state index in [1.54, 1.807) is 0 Å². The summed E-state index contributed by atoms with van der Waals surface area (Å²) in [6.07, 6.45) is 6.00. The molecule has 0 amide bonds. The molecule has 6 N–H and O–H groups in total. The number of aliphatic hydroxyl groups excluding tert-OH is 3. The monoisotopic (exact) mass is 494 g/mol. The highest BCUT2D eigenvalue weighted by molar-refractivity contribution is 5.66. The molecule has 0 aromatic rings. The van der Waals surface area contributed by atoms with E-state index < -0.39 is 12.1 Å². The molecule has 4 saturated carbocycles. The van der Waals surface area contributed by atoms with Gasteiger partial charge in [0.25, 0.3) is 0 Å². The van der Waals surface area contributed by atoms with Gasteiger partial charge in [-0.1, -0.05) is 20.8 Å². The predicted octanol–water partition coefficient (Wildman–Crippen LogP) is 2.63. The van der Waals surface area contributed by atoms with Crippen LogP contribution in [0.25, 0.3) is 0 Å². The van der Waals surface area contributed by atoms with Gasteiger partial charge in [0, 0.05) is 32.6 Å². The molecule has 0 aromatic heterocycles. The van der Waals surface area contributed by atoms with Crippen molar-refractivity contribution in [2.45, 2.75) is 96.9 Å². The molecular formula is C28H50N2O5. The van der Waals surface area contributed by atoms with Crippen LogP contribution in [0.5, 0.6) is 0 Å². The first-order valence-corrected chi connectivity index (χ1v) is 14.3. The van der Waals surface area contributed by atoms with Gasteiger partial charge in [-0.05, 0) is 97.7 Å². The highest BCUT2D eigenvalue weighted by atomic mass is 16.4. The van der Waals surface area contributed by atoms with E-state index in [0.717, 1.165) is 71.1 Å². The van der Waals surface area contributed by atoms with Gasteiger partial charge in [-0.25, -0.2) is 0 Å². The third kappa shape index (κ3) is 5.18. The first-order valence-electron chi connectivity index (χ1n) is 14.3. The van der Waals surface area contributed by atoms with Crippen molar-refractivity contribution in [3.63, 3.8) is 0 Å². The van der Waals surface area contributed by atoms with Crippen LogP contribution in [0.4, 0.5) is 0 Å². The van der Waals surface area contributed by atoms with E-state index in [1.165, 1.54) is 0 Å². The number of rotatable bonds is 4. The van der Waals surface area contributed by atoms with Crippen molar-refractivity contribution in [1.82, 2.24) is 10.6 Å². The van der Waals surface area contributed by atoms with Gasteiger partial charge >= 0.3 is 5.97 Å². The van der Waals surface area contributed by atoms with Crippen LogP contribution < -0.4 is 10.6 Å². The second-order valence-electron chi connectivity index (χ2n) is 12.9. The maximum absolute atomic E-state index is 11.5. The largest absolute Gasteiger partial charge is 0.481 e. The fourth-order valence-electron chi connectivity index (χ4n) is 9.29. The summed E-state index contributed by atoms with van der Waals surface area (Å²) in [5.74, 6) is 0.997. The topological polar surface area (TPSA) is 122 Å². The Morgan fingerprint density at radius 3 is 2.20 bits per heavy atom. The molecule has 0 radical (unpaired) electrons. The molecule has 35 heavy (non-hydrogen) atoms. The second-order valence-corrected chi connectivity index (χ2v) is 12.9. The maximum Gasteiger partial charge on any atom is 0.303 e. The summed E-state index contributed by atoms with van der Waals surface area (Å²) in [5, 5.41) is 48.5. The van der Waals surface area contributed by atoms with Crippen LogP contribution in [0.1, 0.15) is 78.6 Å². The lowest BCUT2D eigenvalue weighted by atomic mass is 9.43. The normalized spacial score (nSPS) is 47.9. The Labute approximate surface area is 211 Å². The van der Waals surface area contributed by atoms with Crippen LogP contribution in [-0.2, 0) is 4.79 Å². The number of aliphatic carboxylic acids is 1. The van der Waals surface area contributed by atoms with Crippen LogP contribution in [-0.4, -0.2) is 70.9 Å². The zero-order valence-electron chi connectivity index (χ0n) is 22.1. The molecule has 202 valence electrons. The van der Waals surface area contributed by atoms with Gasteiger partial charge in [-0.2, -0.15) is 0 Å². The summed E-state index contributed by atoms with van der Waals surface area (Å²) in [6, 6.07) is 0. The Balaban J connectivity index is 0.000000421. The first kappa shape index (κ1) is 27.3. The molecule has 7 nitrogen and oxygen atoms in total. The van der Waals surface area contributed by atoms with Crippen molar-refractivity contribution >= 4 is 5.97 Å². The number of nitrogens with one attached hydrogen (secondary N) is 2. The smallest absolute Gasteiger partial charge is 0.303 e. The number of hydrogen-bond acceptors (Lipinski definition) is 6. The van der Waals surface area contributed by atoms with E-state index in [0.29, 0.717) is 30.1 Å². The van der Waals surface area contributed by atoms with E-state index >= 15 is 0 Å². The molecule has 0 aromatic carbocycles. The average molecular weight is 495 g/mol. The van der Waals surface area contributed by atoms with Gasteiger partial charge in [0.05, 0.1) is 18.3 Å². The molecule has 5 fully saturated rings. The molecule has 0 bridgehead atoms. The summed E-state index contributed by atoms with van der Waals surface area (Å²) >= 11 is 0. The zero-order valence-corrected chi connectivity index (χ0v) is 22.1. The minimum absolute atomic E-state index is 0.0957. The van der Waals surface area contributed by atoms with Crippen LogP contribution in [0.2, 0.25) is 0 Å². The minimum Gasteiger partial charge on any atom is -0.481 e. The minimum atomic E-state index is -0.748. The Bertz CT molecular complexity index is 721. The lowest BCUT2D eigenvalue weighted by molar-refractivity contribution is -0.207. The molecule has 11 atom stereocenters. The van der Waals surface area contributed by atoms with E-state index in [2.05, 4.69) is 31.4 Å². The summed E-state index contributed by atoms with van der Waals surface area (Å²) in [7, 11) is 0. The van der Waals surface area contributed by atoms with Crippen LogP contribution >= 0.6 is 0 Å². The number of hydrogen-bond donors (Lipinski definition) is 6. The molecule has 7 heteroatoms.